The molecule has 0 heterocycles. The van der Waals surface area contributed by atoms with Gasteiger partial charge in [0.25, 0.3) is 5.91 Å². The molecule has 0 fully saturated rings. The molecule has 0 aliphatic rings. The Balaban J connectivity index is 4.00. The zero-order valence-corrected chi connectivity index (χ0v) is 6.55. The van der Waals surface area contributed by atoms with Gasteiger partial charge < -0.3 is 10.6 Å². The average Bonchev–Trinajstić information content (AvgIpc) is 1.86. The fraction of sp³-hybridized carbons (Fsp3) is 0.429. The fourth-order valence-electron chi connectivity index (χ4n) is 0.508. The minimum atomic E-state index is -0.543. The third-order valence-electron chi connectivity index (χ3n) is 0.972. The van der Waals surface area contributed by atoms with Crippen molar-refractivity contribution in [1.29, 1.82) is 0 Å². The van der Waals surface area contributed by atoms with Crippen LogP contribution in [0, 0.1) is 11.8 Å². The zero-order chi connectivity index (χ0) is 8.85. The van der Waals surface area contributed by atoms with Crippen molar-refractivity contribution < 1.29 is 9.59 Å². The molecule has 4 nitrogen and oxygen atoms in total. The molecular formula is C7H10N2O2. The molecule has 0 saturated heterocycles. The van der Waals surface area contributed by atoms with E-state index in [2.05, 4.69) is 11.8 Å². The Bertz CT molecular complexity index is 224. The lowest BCUT2D eigenvalue weighted by Gasteiger charge is -2.09. The van der Waals surface area contributed by atoms with Gasteiger partial charge in [-0.1, -0.05) is 5.92 Å². The van der Waals surface area contributed by atoms with E-state index in [1.54, 1.807) is 6.92 Å². The van der Waals surface area contributed by atoms with Crippen LogP contribution in [0.2, 0.25) is 0 Å². The molecule has 0 rings (SSSR count). The van der Waals surface area contributed by atoms with Crippen LogP contribution in [0.4, 0.5) is 0 Å². The van der Waals surface area contributed by atoms with Crippen LogP contribution in [-0.4, -0.2) is 30.3 Å². The highest BCUT2D eigenvalue weighted by atomic mass is 16.2. The smallest absolute Gasteiger partial charge is 0.298 e. The summed E-state index contributed by atoms with van der Waals surface area (Å²) < 4.78 is 0. The van der Waals surface area contributed by atoms with Crippen LogP contribution in [0.5, 0.6) is 0 Å². The van der Waals surface area contributed by atoms with E-state index >= 15 is 0 Å². The first-order valence-electron chi connectivity index (χ1n) is 3.04. The number of nitrogens with two attached hydrogens (primary N) is 1. The van der Waals surface area contributed by atoms with Gasteiger partial charge in [-0.05, 0) is 12.8 Å². The Kier molecular flexibility index (Phi) is 3.75. The lowest BCUT2D eigenvalue weighted by Crippen LogP contribution is -2.34. The lowest BCUT2D eigenvalue weighted by atomic mass is 10.4. The van der Waals surface area contributed by atoms with Gasteiger partial charge in [0.05, 0.1) is 6.54 Å². The van der Waals surface area contributed by atoms with Gasteiger partial charge in [0.2, 0.25) is 5.91 Å². The van der Waals surface area contributed by atoms with Crippen LogP contribution >= 0.6 is 0 Å². The summed E-state index contributed by atoms with van der Waals surface area (Å²) in [5.74, 6) is 3.77. The van der Waals surface area contributed by atoms with Crippen molar-refractivity contribution in [3.8, 4) is 11.8 Å². The van der Waals surface area contributed by atoms with Crippen LogP contribution in [0.1, 0.15) is 6.92 Å². The summed E-state index contributed by atoms with van der Waals surface area (Å²) in [6.07, 6.45) is 0. The summed E-state index contributed by atoms with van der Waals surface area (Å²) >= 11 is 0. The maximum absolute atomic E-state index is 10.8. The van der Waals surface area contributed by atoms with Gasteiger partial charge in [0.15, 0.2) is 0 Å². The maximum Gasteiger partial charge on any atom is 0.298 e. The Morgan fingerprint density at radius 3 is 2.45 bits per heavy atom. The topological polar surface area (TPSA) is 63.4 Å². The molecule has 0 spiro atoms. The molecular weight excluding hydrogens is 144 g/mol. The molecule has 60 valence electrons. The Morgan fingerprint density at radius 2 is 2.09 bits per heavy atom. The molecule has 0 aliphatic heterocycles. The van der Waals surface area contributed by atoms with Crippen LogP contribution in [-0.2, 0) is 9.59 Å². The molecule has 0 aromatic carbocycles. The number of carbonyl (C=O) groups is 2. The summed E-state index contributed by atoms with van der Waals surface area (Å²) in [6, 6.07) is 0. The van der Waals surface area contributed by atoms with E-state index < -0.39 is 11.8 Å². The largest absolute Gasteiger partial charge is 0.368 e. The summed E-state index contributed by atoms with van der Waals surface area (Å²) in [5.41, 5.74) is 4.85. The van der Waals surface area contributed by atoms with Crippen molar-refractivity contribution in [2.45, 2.75) is 6.92 Å². The van der Waals surface area contributed by atoms with Gasteiger partial charge in [0, 0.05) is 7.05 Å². The van der Waals surface area contributed by atoms with Gasteiger partial charge in [-0.3, -0.25) is 9.59 Å². The standard InChI is InChI=1S/C7H10N2O2/c1-3-4-7(11)9(2)5-6(8)10/h5H2,1-2H3,(H2,8,10). The normalized spacial score (nSPS) is 7.82. The maximum atomic E-state index is 10.8. The van der Waals surface area contributed by atoms with Crippen molar-refractivity contribution in [2.75, 3.05) is 13.6 Å². The summed E-state index contributed by atoms with van der Waals surface area (Å²) in [4.78, 5) is 22.3. The third kappa shape index (κ3) is 3.98. The van der Waals surface area contributed by atoms with Gasteiger partial charge in [-0.15, -0.1) is 0 Å². The van der Waals surface area contributed by atoms with E-state index in [-0.39, 0.29) is 6.54 Å². The molecule has 2 amide bonds. The van der Waals surface area contributed by atoms with Crippen molar-refractivity contribution in [1.82, 2.24) is 4.90 Å². The number of primary amides is 1. The minimum absolute atomic E-state index is 0.0898. The van der Waals surface area contributed by atoms with Crippen LogP contribution in [0.25, 0.3) is 0 Å². The molecule has 4 heteroatoms. The van der Waals surface area contributed by atoms with Crippen molar-refractivity contribution in [3.63, 3.8) is 0 Å². The van der Waals surface area contributed by atoms with Gasteiger partial charge >= 0.3 is 0 Å². The second kappa shape index (κ2) is 4.34. The van der Waals surface area contributed by atoms with Crippen LogP contribution < -0.4 is 5.73 Å². The van der Waals surface area contributed by atoms with Crippen molar-refractivity contribution in [2.24, 2.45) is 5.73 Å². The highest BCUT2D eigenvalue weighted by Gasteiger charge is 2.06. The average molecular weight is 154 g/mol. The highest BCUT2D eigenvalue weighted by molar-refractivity contribution is 5.95. The second-order valence-corrected chi connectivity index (χ2v) is 2.00. The Hall–Kier alpha value is -1.50. The highest BCUT2D eigenvalue weighted by Crippen LogP contribution is 1.80. The number of carbonyl (C=O) groups excluding carboxylic acids is 2. The molecule has 0 aromatic heterocycles. The number of nitrogens with zero attached hydrogens (tertiary/aromatic N) is 1. The van der Waals surface area contributed by atoms with Gasteiger partial charge in [0.1, 0.15) is 0 Å². The van der Waals surface area contributed by atoms with E-state index in [1.807, 2.05) is 0 Å². The van der Waals surface area contributed by atoms with Gasteiger partial charge in [-0.2, -0.15) is 0 Å². The summed E-state index contributed by atoms with van der Waals surface area (Å²) in [5, 5.41) is 0. The van der Waals surface area contributed by atoms with E-state index in [9.17, 15) is 9.59 Å². The quantitative estimate of drug-likeness (QED) is 0.516. The van der Waals surface area contributed by atoms with E-state index in [1.165, 1.54) is 11.9 Å². The monoisotopic (exact) mass is 154 g/mol. The molecule has 0 saturated carbocycles. The second-order valence-electron chi connectivity index (χ2n) is 2.00. The molecule has 0 unspecified atom stereocenters. The number of hydrogen-bond donors (Lipinski definition) is 1. The summed E-state index contributed by atoms with van der Waals surface area (Å²) in [6.45, 7) is 1.46. The number of amides is 2. The summed E-state index contributed by atoms with van der Waals surface area (Å²) in [7, 11) is 1.47. The van der Waals surface area contributed by atoms with Gasteiger partial charge in [-0.25, -0.2) is 0 Å². The predicted octanol–water partition coefficient (Wildman–Crippen LogP) is -1.05. The number of hydrogen-bond acceptors (Lipinski definition) is 2. The molecule has 0 bridgehead atoms. The van der Waals surface area contributed by atoms with Crippen molar-refractivity contribution >= 4 is 11.8 Å². The molecule has 0 aromatic rings. The molecule has 11 heavy (non-hydrogen) atoms. The van der Waals surface area contributed by atoms with E-state index in [0.717, 1.165) is 0 Å². The van der Waals surface area contributed by atoms with E-state index in [4.69, 9.17) is 5.73 Å². The van der Waals surface area contributed by atoms with Crippen molar-refractivity contribution in [3.05, 3.63) is 0 Å². The predicted molar refractivity (Wildman–Crippen MR) is 40.3 cm³/mol. The van der Waals surface area contributed by atoms with Crippen LogP contribution in [0.15, 0.2) is 0 Å². The first kappa shape index (κ1) is 9.50. The first-order chi connectivity index (χ1) is 5.07. The Morgan fingerprint density at radius 1 is 1.55 bits per heavy atom. The molecule has 0 aliphatic carbocycles. The lowest BCUT2D eigenvalue weighted by molar-refractivity contribution is -0.129. The first-order valence-corrected chi connectivity index (χ1v) is 3.04. The fourth-order valence-corrected chi connectivity index (χ4v) is 0.508. The molecule has 0 atom stereocenters. The number of rotatable bonds is 2. The molecule has 0 radical (unpaired) electrons. The minimum Gasteiger partial charge on any atom is -0.368 e. The van der Waals surface area contributed by atoms with E-state index in [0.29, 0.717) is 0 Å². The SMILES string of the molecule is CC#CC(=O)N(C)CC(N)=O. The molecule has 2 N–H and O–H groups in total. The third-order valence-corrected chi connectivity index (χ3v) is 0.972. The Labute approximate surface area is 65.4 Å². The zero-order valence-electron chi connectivity index (χ0n) is 6.55. The number of likely N-dealkylation sites (N-methyl/N-ethyl adjacent to an activating group) is 1. The van der Waals surface area contributed by atoms with Crippen LogP contribution in [0.3, 0.4) is 0 Å².